The molecule has 0 heterocycles. The SMILES string of the molecule is C=C(C)C(=O)O.C=C(C)C(=O)O.C=C(C)C(=O)O.C=COC=C.OCCC(CO)CO. The summed E-state index contributed by atoms with van der Waals surface area (Å²) in [5.41, 5.74) is 0.528. The molecule has 0 rings (SSSR count). The van der Waals surface area contributed by atoms with Crippen LogP contribution in [0.2, 0.25) is 0 Å². The molecule has 0 fully saturated rings. The second-order valence-corrected chi connectivity index (χ2v) is 5.47. The van der Waals surface area contributed by atoms with E-state index < -0.39 is 17.9 Å². The van der Waals surface area contributed by atoms with Crippen LogP contribution < -0.4 is 0 Å². The summed E-state index contributed by atoms with van der Waals surface area (Å²) >= 11 is 0. The topological polar surface area (TPSA) is 182 Å². The van der Waals surface area contributed by atoms with Crippen LogP contribution in [0.25, 0.3) is 0 Å². The van der Waals surface area contributed by atoms with Gasteiger partial charge in [0.25, 0.3) is 0 Å². The van der Waals surface area contributed by atoms with E-state index in [1.807, 2.05) is 0 Å². The number of hydrogen-bond acceptors (Lipinski definition) is 7. The van der Waals surface area contributed by atoms with Gasteiger partial charge in [-0.15, -0.1) is 0 Å². The van der Waals surface area contributed by atoms with E-state index in [0.29, 0.717) is 6.42 Å². The number of carboxylic acid groups (broad SMARTS) is 3. The van der Waals surface area contributed by atoms with E-state index in [1.165, 1.54) is 33.3 Å². The average molecular weight is 449 g/mol. The van der Waals surface area contributed by atoms with E-state index in [2.05, 4.69) is 37.6 Å². The number of aliphatic hydroxyl groups is 3. The van der Waals surface area contributed by atoms with Gasteiger partial charge in [0.15, 0.2) is 0 Å². The predicted molar refractivity (Wildman–Crippen MR) is 118 cm³/mol. The lowest BCUT2D eigenvalue weighted by molar-refractivity contribution is -0.133. The molecule has 0 atom stereocenters. The highest BCUT2D eigenvalue weighted by Gasteiger charge is 2.02. The molecule has 0 saturated carbocycles. The predicted octanol–water partition coefficient (Wildman–Crippen LogP) is 2.20. The van der Waals surface area contributed by atoms with Crippen molar-refractivity contribution in [2.75, 3.05) is 19.8 Å². The number of carboxylic acids is 3. The summed E-state index contributed by atoms with van der Waals surface area (Å²) in [6.07, 6.45) is 3.10. The third-order valence-electron chi connectivity index (χ3n) is 2.34. The minimum Gasteiger partial charge on any atom is -0.478 e. The monoisotopic (exact) mass is 448 g/mol. The first-order chi connectivity index (χ1) is 14.2. The summed E-state index contributed by atoms with van der Waals surface area (Å²) in [7, 11) is 0. The molecule has 0 aromatic rings. The zero-order valence-corrected chi connectivity index (χ0v) is 18.4. The fourth-order valence-corrected chi connectivity index (χ4v) is 0.491. The molecule has 0 aliphatic carbocycles. The Hall–Kier alpha value is -3.21. The van der Waals surface area contributed by atoms with Gasteiger partial charge in [0.2, 0.25) is 0 Å². The summed E-state index contributed by atoms with van der Waals surface area (Å²) in [5, 5.41) is 48.7. The Morgan fingerprint density at radius 1 is 0.742 bits per heavy atom. The summed E-state index contributed by atoms with van der Waals surface area (Å²) in [6.45, 7) is 20.3. The van der Waals surface area contributed by atoms with Crippen LogP contribution in [0, 0.1) is 5.92 Å². The van der Waals surface area contributed by atoms with Gasteiger partial charge in [-0.2, -0.15) is 0 Å². The van der Waals surface area contributed by atoms with Gasteiger partial charge in [0.1, 0.15) is 0 Å². The minimum absolute atomic E-state index is 0.0335. The van der Waals surface area contributed by atoms with Crippen LogP contribution in [0.1, 0.15) is 27.2 Å². The number of aliphatic hydroxyl groups excluding tert-OH is 3. The molecule has 0 radical (unpaired) electrons. The molecule has 0 aromatic carbocycles. The van der Waals surface area contributed by atoms with Crippen molar-refractivity contribution in [3.63, 3.8) is 0 Å². The Labute approximate surface area is 183 Å². The summed E-state index contributed by atoms with van der Waals surface area (Å²) in [4.78, 5) is 28.8. The molecule has 0 bridgehead atoms. The Balaban J connectivity index is -0.0000000917. The zero-order valence-electron chi connectivity index (χ0n) is 18.4. The van der Waals surface area contributed by atoms with Gasteiger partial charge in [-0.05, 0) is 27.2 Å². The summed E-state index contributed by atoms with van der Waals surface area (Å²) in [5.74, 6) is -2.94. The number of carbonyl (C=O) groups is 3. The minimum atomic E-state index is -0.935. The van der Waals surface area contributed by atoms with E-state index >= 15 is 0 Å². The third kappa shape index (κ3) is 52.0. The van der Waals surface area contributed by atoms with Gasteiger partial charge in [-0.25, -0.2) is 14.4 Å². The van der Waals surface area contributed by atoms with E-state index in [1.54, 1.807) is 0 Å². The third-order valence-corrected chi connectivity index (χ3v) is 2.34. The molecule has 10 heteroatoms. The Morgan fingerprint density at radius 2 is 0.968 bits per heavy atom. The smallest absolute Gasteiger partial charge is 0.330 e. The maximum Gasteiger partial charge on any atom is 0.330 e. The molecule has 10 nitrogen and oxygen atoms in total. The molecular weight excluding hydrogens is 412 g/mol. The fourth-order valence-electron chi connectivity index (χ4n) is 0.491. The van der Waals surface area contributed by atoms with Crippen LogP contribution in [0.15, 0.2) is 62.1 Å². The van der Waals surface area contributed by atoms with E-state index in [0.717, 1.165) is 0 Å². The summed E-state index contributed by atoms with van der Waals surface area (Å²) in [6, 6.07) is 0. The van der Waals surface area contributed by atoms with E-state index in [9.17, 15) is 14.4 Å². The van der Waals surface area contributed by atoms with Crippen molar-refractivity contribution in [3.8, 4) is 0 Å². The Morgan fingerprint density at radius 3 is 1.00 bits per heavy atom. The second kappa shape index (κ2) is 29.0. The first-order valence-electron chi connectivity index (χ1n) is 8.56. The first-order valence-corrected chi connectivity index (χ1v) is 8.56. The summed E-state index contributed by atoms with van der Waals surface area (Å²) < 4.78 is 4.36. The maximum absolute atomic E-state index is 9.60. The molecule has 0 aliphatic heterocycles. The van der Waals surface area contributed by atoms with Crippen molar-refractivity contribution < 1.29 is 49.8 Å². The lowest BCUT2D eigenvalue weighted by Crippen LogP contribution is -2.12. The molecule has 180 valence electrons. The average Bonchev–Trinajstić information content (AvgIpc) is 2.68. The van der Waals surface area contributed by atoms with Gasteiger partial charge in [-0.1, -0.05) is 32.9 Å². The van der Waals surface area contributed by atoms with Crippen LogP contribution in [-0.4, -0.2) is 68.4 Å². The van der Waals surface area contributed by atoms with Crippen molar-refractivity contribution in [2.24, 2.45) is 5.92 Å². The van der Waals surface area contributed by atoms with Gasteiger partial charge >= 0.3 is 17.9 Å². The van der Waals surface area contributed by atoms with Gasteiger partial charge in [0, 0.05) is 42.5 Å². The van der Waals surface area contributed by atoms with Crippen molar-refractivity contribution in [3.05, 3.63) is 62.1 Å². The molecule has 31 heavy (non-hydrogen) atoms. The fraction of sp³-hybridized carbons (Fsp3) is 0.381. The highest BCUT2D eigenvalue weighted by atomic mass is 16.5. The number of ether oxygens (including phenoxy) is 1. The lowest BCUT2D eigenvalue weighted by atomic mass is 10.1. The van der Waals surface area contributed by atoms with Crippen molar-refractivity contribution in [1.29, 1.82) is 0 Å². The maximum atomic E-state index is 9.60. The van der Waals surface area contributed by atoms with Crippen LogP contribution >= 0.6 is 0 Å². The number of hydrogen-bond donors (Lipinski definition) is 6. The van der Waals surface area contributed by atoms with Gasteiger partial charge in [0.05, 0.1) is 12.5 Å². The van der Waals surface area contributed by atoms with Crippen LogP contribution in [0.5, 0.6) is 0 Å². The van der Waals surface area contributed by atoms with Crippen LogP contribution in [0.4, 0.5) is 0 Å². The number of rotatable bonds is 9. The van der Waals surface area contributed by atoms with Crippen LogP contribution in [-0.2, 0) is 19.1 Å². The van der Waals surface area contributed by atoms with Gasteiger partial charge < -0.3 is 35.4 Å². The highest BCUT2D eigenvalue weighted by molar-refractivity contribution is 5.85. The normalized spacial score (nSPS) is 7.97. The molecule has 0 saturated heterocycles. The van der Waals surface area contributed by atoms with Crippen molar-refractivity contribution >= 4 is 17.9 Å². The quantitative estimate of drug-likeness (QED) is 0.226. The standard InChI is InChI=1S/C5H12O3.3C4H6O2.C4H6O/c6-2-1-5(3-7)4-8;3*1-3(2)4(5)6;1-3-5-4-2/h5-8H,1-4H2;3*1H2,2H3,(H,5,6);3-4H,1-2H2. The lowest BCUT2D eigenvalue weighted by Gasteiger charge is -2.06. The molecular formula is C21H36O10. The zero-order chi connectivity index (χ0) is 26.0. The van der Waals surface area contributed by atoms with Crippen molar-refractivity contribution in [2.45, 2.75) is 27.2 Å². The van der Waals surface area contributed by atoms with E-state index in [4.69, 9.17) is 30.6 Å². The Kier molecular flexibility index (Phi) is 35.9. The second-order valence-electron chi connectivity index (χ2n) is 5.47. The van der Waals surface area contributed by atoms with Crippen molar-refractivity contribution in [1.82, 2.24) is 0 Å². The number of aliphatic carboxylic acids is 3. The molecule has 0 aliphatic rings. The molecule has 0 unspecified atom stereocenters. The van der Waals surface area contributed by atoms with Gasteiger partial charge in [-0.3, -0.25) is 0 Å². The van der Waals surface area contributed by atoms with E-state index in [-0.39, 0.29) is 42.5 Å². The first kappa shape index (κ1) is 38.4. The Bertz CT molecular complexity index is 461. The molecule has 0 amide bonds. The molecule has 0 aromatic heterocycles. The molecule has 6 N–H and O–H groups in total. The van der Waals surface area contributed by atoms with Crippen LogP contribution in [0.3, 0.4) is 0 Å². The highest BCUT2D eigenvalue weighted by Crippen LogP contribution is 1.97. The molecule has 0 spiro atoms. The largest absolute Gasteiger partial charge is 0.478 e.